The fraction of sp³-hybridized carbons (Fsp3) is 0. The summed E-state index contributed by atoms with van der Waals surface area (Å²) in [5, 5.41) is 31.4. The zero-order valence-electron chi connectivity index (χ0n) is 16.6. The van der Waals surface area contributed by atoms with Crippen molar-refractivity contribution in [3.05, 3.63) is 103 Å². The maximum atomic E-state index is 10.1. The molecular weight excluding hydrogens is 384 g/mol. The first-order chi connectivity index (χ1) is 15.3. The van der Waals surface area contributed by atoms with Crippen LogP contribution in [0.25, 0.3) is 21.5 Å². The van der Waals surface area contributed by atoms with Gasteiger partial charge in [0, 0.05) is 21.5 Å². The molecule has 0 amide bonds. The van der Waals surface area contributed by atoms with Crippen molar-refractivity contribution in [1.29, 1.82) is 0 Å². The fourth-order valence-electron chi connectivity index (χ4n) is 3.51. The first kappa shape index (κ1) is 18.6. The molecule has 0 fully saturated rings. The number of aromatic hydroxyl groups is 1. The molecule has 148 valence electrons. The zero-order chi connectivity index (χ0) is 21.0. The van der Waals surface area contributed by atoms with E-state index >= 15 is 0 Å². The van der Waals surface area contributed by atoms with Gasteiger partial charge in [0.1, 0.15) is 5.75 Å². The summed E-state index contributed by atoms with van der Waals surface area (Å²) < 4.78 is 0. The quantitative estimate of drug-likeness (QED) is 0.301. The van der Waals surface area contributed by atoms with Gasteiger partial charge >= 0.3 is 0 Å². The average Bonchev–Trinajstić information content (AvgIpc) is 2.83. The summed E-state index contributed by atoms with van der Waals surface area (Å²) in [6.45, 7) is 0. The summed E-state index contributed by atoms with van der Waals surface area (Å²) in [7, 11) is 0. The second kappa shape index (κ2) is 8.16. The molecule has 0 atom stereocenters. The third-order valence-electron chi connectivity index (χ3n) is 5.05. The Bertz CT molecular complexity index is 1440. The molecule has 0 spiro atoms. The molecule has 0 saturated carbocycles. The van der Waals surface area contributed by atoms with Crippen LogP contribution in [0.2, 0.25) is 0 Å². The molecule has 0 radical (unpaired) electrons. The number of hydrogen-bond donors (Lipinski definition) is 1. The van der Waals surface area contributed by atoms with Gasteiger partial charge in [-0.1, -0.05) is 66.7 Å². The highest BCUT2D eigenvalue weighted by Crippen LogP contribution is 2.37. The van der Waals surface area contributed by atoms with Gasteiger partial charge in [0.2, 0.25) is 0 Å². The van der Waals surface area contributed by atoms with Crippen LogP contribution in [0, 0.1) is 0 Å². The topological polar surface area (TPSA) is 69.7 Å². The molecule has 0 aliphatic carbocycles. The Morgan fingerprint density at radius 2 is 0.806 bits per heavy atom. The van der Waals surface area contributed by atoms with Gasteiger partial charge in [0.25, 0.3) is 0 Å². The lowest BCUT2D eigenvalue weighted by Gasteiger charge is -2.05. The molecule has 5 aromatic carbocycles. The number of phenols is 1. The number of nitrogens with zero attached hydrogens (tertiary/aromatic N) is 4. The van der Waals surface area contributed by atoms with Gasteiger partial charge in [0.05, 0.1) is 22.7 Å². The first-order valence-corrected chi connectivity index (χ1v) is 9.90. The number of benzene rings is 5. The molecular formula is C26H18N4O. The molecule has 0 aliphatic rings. The minimum Gasteiger partial charge on any atom is -0.507 e. The highest BCUT2D eigenvalue weighted by atomic mass is 16.3. The fourth-order valence-corrected chi connectivity index (χ4v) is 3.51. The Kier molecular flexibility index (Phi) is 4.91. The van der Waals surface area contributed by atoms with Crippen molar-refractivity contribution in [2.75, 3.05) is 0 Å². The van der Waals surface area contributed by atoms with Crippen molar-refractivity contribution in [1.82, 2.24) is 0 Å². The van der Waals surface area contributed by atoms with Gasteiger partial charge in [-0.2, -0.15) is 5.11 Å². The Hall–Kier alpha value is -4.38. The van der Waals surface area contributed by atoms with E-state index in [0.29, 0.717) is 5.69 Å². The summed E-state index contributed by atoms with van der Waals surface area (Å²) in [5.41, 5.74) is 3.01. The van der Waals surface area contributed by atoms with Crippen LogP contribution in [0.1, 0.15) is 0 Å². The highest BCUT2D eigenvalue weighted by Gasteiger charge is 2.07. The van der Waals surface area contributed by atoms with Crippen LogP contribution < -0.4 is 0 Å². The molecule has 0 bridgehead atoms. The van der Waals surface area contributed by atoms with Crippen molar-refractivity contribution >= 4 is 44.3 Å². The molecule has 5 aromatic rings. The lowest BCUT2D eigenvalue weighted by molar-refractivity contribution is 0.481. The van der Waals surface area contributed by atoms with Crippen molar-refractivity contribution in [2.45, 2.75) is 0 Å². The minimum atomic E-state index is 0.230. The standard InChI is InChI=1S/C26H18N4O/c31-26-17-16-25(21-12-6-7-13-22(21)26)30-29-24-15-14-23(19-10-4-5-11-20(19)24)28-27-18-8-2-1-3-9-18/h1-17,31H. The normalized spacial score (nSPS) is 11.7. The Morgan fingerprint density at radius 3 is 1.39 bits per heavy atom. The Labute approximate surface area is 179 Å². The SMILES string of the molecule is Oc1ccc(N=Nc2ccc(N=Nc3ccccc3)c3ccccc23)c2ccccc12. The molecule has 1 N–H and O–H groups in total. The number of azo groups is 2. The van der Waals surface area contributed by atoms with Crippen LogP contribution >= 0.6 is 0 Å². The van der Waals surface area contributed by atoms with Crippen LogP contribution in [0.3, 0.4) is 0 Å². The van der Waals surface area contributed by atoms with Crippen molar-refractivity contribution in [2.24, 2.45) is 20.5 Å². The molecule has 0 heterocycles. The van der Waals surface area contributed by atoms with Gasteiger partial charge in [0.15, 0.2) is 0 Å². The van der Waals surface area contributed by atoms with E-state index < -0.39 is 0 Å². The zero-order valence-corrected chi connectivity index (χ0v) is 16.6. The summed E-state index contributed by atoms with van der Waals surface area (Å²) >= 11 is 0. The second-order valence-electron chi connectivity index (χ2n) is 7.03. The number of fused-ring (bicyclic) bond motifs is 2. The minimum absolute atomic E-state index is 0.230. The molecule has 0 aliphatic heterocycles. The third-order valence-corrected chi connectivity index (χ3v) is 5.05. The molecule has 5 heteroatoms. The number of rotatable bonds is 4. The van der Waals surface area contributed by atoms with E-state index in [1.165, 1.54) is 0 Å². The highest BCUT2D eigenvalue weighted by molar-refractivity contribution is 6.00. The van der Waals surface area contributed by atoms with Gasteiger partial charge in [-0.25, -0.2) is 0 Å². The number of hydrogen-bond acceptors (Lipinski definition) is 5. The summed E-state index contributed by atoms with van der Waals surface area (Å²) in [6.07, 6.45) is 0. The third kappa shape index (κ3) is 3.76. The predicted molar refractivity (Wildman–Crippen MR) is 124 cm³/mol. The van der Waals surface area contributed by atoms with Crippen LogP contribution in [0.5, 0.6) is 5.75 Å². The number of phenolic OH excluding ortho intramolecular Hbond substituents is 1. The van der Waals surface area contributed by atoms with Crippen molar-refractivity contribution < 1.29 is 5.11 Å². The molecule has 0 aromatic heterocycles. The largest absolute Gasteiger partial charge is 0.507 e. The summed E-state index contributed by atoms with van der Waals surface area (Å²) in [5.74, 6) is 0.230. The lowest BCUT2D eigenvalue weighted by atomic mass is 10.1. The van der Waals surface area contributed by atoms with Gasteiger partial charge < -0.3 is 5.11 Å². The smallest absolute Gasteiger partial charge is 0.123 e. The molecule has 5 rings (SSSR count). The lowest BCUT2D eigenvalue weighted by Crippen LogP contribution is -1.76. The van der Waals surface area contributed by atoms with E-state index in [-0.39, 0.29) is 5.75 Å². The first-order valence-electron chi connectivity index (χ1n) is 9.90. The maximum Gasteiger partial charge on any atom is 0.123 e. The average molecular weight is 402 g/mol. The van der Waals surface area contributed by atoms with E-state index in [9.17, 15) is 5.11 Å². The van der Waals surface area contributed by atoms with E-state index in [0.717, 1.165) is 38.6 Å². The predicted octanol–water partition coefficient (Wildman–Crippen LogP) is 8.53. The van der Waals surface area contributed by atoms with E-state index in [1.54, 1.807) is 12.1 Å². The van der Waals surface area contributed by atoms with Gasteiger partial charge in [-0.15, -0.1) is 15.3 Å². The monoisotopic (exact) mass is 402 g/mol. The van der Waals surface area contributed by atoms with E-state index in [1.807, 2.05) is 91.0 Å². The molecule has 0 saturated heterocycles. The second-order valence-corrected chi connectivity index (χ2v) is 7.03. The Morgan fingerprint density at radius 1 is 0.387 bits per heavy atom. The Balaban J connectivity index is 1.55. The van der Waals surface area contributed by atoms with Crippen LogP contribution in [-0.4, -0.2) is 5.11 Å². The van der Waals surface area contributed by atoms with Crippen LogP contribution in [0.4, 0.5) is 22.7 Å². The van der Waals surface area contributed by atoms with Crippen molar-refractivity contribution in [3.63, 3.8) is 0 Å². The van der Waals surface area contributed by atoms with Gasteiger partial charge in [-0.3, -0.25) is 0 Å². The summed E-state index contributed by atoms with van der Waals surface area (Å²) in [6, 6.07) is 32.4. The van der Waals surface area contributed by atoms with E-state index in [2.05, 4.69) is 20.5 Å². The molecule has 31 heavy (non-hydrogen) atoms. The van der Waals surface area contributed by atoms with Gasteiger partial charge in [-0.05, 0) is 36.4 Å². The van der Waals surface area contributed by atoms with Crippen molar-refractivity contribution in [3.8, 4) is 5.75 Å². The van der Waals surface area contributed by atoms with Crippen LogP contribution in [-0.2, 0) is 0 Å². The maximum absolute atomic E-state index is 10.1. The summed E-state index contributed by atoms with van der Waals surface area (Å²) in [4.78, 5) is 0. The molecule has 5 nitrogen and oxygen atoms in total. The van der Waals surface area contributed by atoms with E-state index in [4.69, 9.17) is 0 Å². The molecule has 0 unspecified atom stereocenters. The van der Waals surface area contributed by atoms with Crippen LogP contribution in [0.15, 0.2) is 124 Å².